The van der Waals surface area contributed by atoms with Crippen LogP contribution < -0.4 is 9.47 Å². The van der Waals surface area contributed by atoms with Crippen molar-refractivity contribution in [2.45, 2.75) is 19.4 Å². The van der Waals surface area contributed by atoms with E-state index < -0.39 is 18.4 Å². The summed E-state index contributed by atoms with van der Waals surface area (Å²) in [5.74, 6) is -0.201. The lowest BCUT2D eigenvalue weighted by Gasteiger charge is -2.17. The van der Waals surface area contributed by atoms with Crippen LogP contribution in [-0.4, -0.2) is 39.4 Å². The molecule has 1 atom stereocenters. The lowest BCUT2D eigenvalue weighted by molar-refractivity contribution is -0.140. The van der Waals surface area contributed by atoms with Gasteiger partial charge in [0.15, 0.2) is 11.5 Å². The van der Waals surface area contributed by atoms with Crippen molar-refractivity contribution in [2.75, 3.05) is 13.2 Å². The Bertz CT molecular complexity index is 1280. The summed E-state index contributed by atoms with van der Waals surface area (Å²) in [5, 5.41) is 9.05. The molecule has 3 aromatic carbocycles. The summed E-state index contributed by atoms with van der Waals surface area (Å²) in [7, 11) is 0. The number of ether oxygens (including phenoxy) is 2. The highest BCUT2D eigenvalue weighted by atomic mass is 32.2. The normalized spacial score (nSPS) is 15.2. The zero-order chi connectivity index (χ0) is 25.5. The molecule has 4 rings (SSSR count). The third-order valence-electron chi connectivity index (χ3n) is 5.53. The molecule has 0 aliphatic carbocycles. The van der Waals surface area contributed by atoms with Crippen molar-refractivity contribution in [3.8, 4) is 11.5 Å². The zero-order valence-corrected chi connectivity index (χ0v) is 21.3. The van der Waals surface area contributed by atoms with Gasteiger partial charge in [-0.25, -0.2) is 0 Å². The molecule has 8 heteroatoms. The number of carboxylic acids is 1. The van der Waals surface area contributed by atoms with Gasteiger partial charge < -0.3 is 14.6 Å². The summed E-state index contributed by atoms with van der Waals surface area (Å²) in [6.07, 6.45) is 1.69. The monoisotopic (exact) mass is 519 g/mol. The molecular formula is C28H25NO5S2. The van der Waals surface area contributed by atoms with Gasteiger partial charge >= 0.3 is 5.97 Å². The number of amides is 1. The molecule has 36 heavy (non-hydrogen) atoms. The number of carbonyl (C=O) groups is 2. The number of hydrogen-bond acceptors (Lipinski definition) is 6. The minimum Gasteiger partial charge on any atom is -0.489 e. The SMILES string of the molecule is C[C@H](COc1ccc(/C=C2\SC(=S)N(CC(=O)O)C2=O)cc1OCc1ccccc1)c1ccccc1. The van der Waals surface area contributed by atoms with Crippen LogP contribution >= 0.6 is 24.0 Å². The molecule has 1 amide bonds. The predicted octanol–water partition coefficient (Wildman–Crippen LogP) is 5.73. The number of nitrogens with zero attached hydrogens (tertiary/aromatic N) is 1. The summed E-state index contributed by atoms with van der Waals surface area (Å²) in [4.78, 5) is 25.2. The van der Waals surface area contributed by atoms with E-state index in [2.05, 4.69) is 19.1 Å². The Balaban J connectivity index is 1.55. The van der Waals surface area contributed by atoms with E-state index in [0.29, 0.717) is 29.6 Å². The van der Waals surface area contributed by atoms with Gasteiger partial charge in [0.05, 0.1) is 11.5 Å². The summed E-state index contributed by atoms with van der Waals surface area (Å²) < 4.78 is 12.5. The topological polar surface area (TPSA) is 76.1 Å². The summed E-state index contributed by atoms with van der Waals surface area (Å²) >= 11 is 6.27. The molecule has 1 heterocycles. The van der Waals surface area contributed by atoms with Crippen LogP contribution in [0, 0.1) is 0 Å². The van der Waals surface area contributed by atoms with Crippen LogP contribution in [-0.2, 0) is 16.2 Å². The first-order valence-corrected chi connectivity index (χ1v) is 12.6. The van der Waals surface area contributed by atoms with Gasteiger partial charge in [-0.2, -0.15) is 0 Å². The molecule has 1 fully saturated rings. The smallest absolute Gasteiger partial charge is 0.323 e. The first-order chi connectivity index (χ1) is 17.4. The van der Waals surface area contributed by atoms with Crippen molar-refractivity contribution in [1.82, 2.24) is 4.90 Å². The summed E-state index contributed by atoms with van der Waals surface area (Å²) in [6, 6.07) is 25.4. The molecule has 184 valence electrons. The molecule has 1 N–H and O–H groups in total. The van der Waals surface area contributed by atoms with E-state index in [4.69, 9.17) is 26.8 Å². The van der Waals surface area contributed by atoms with E-state index in [0.717, 1.165) is 27.8 Å². The Labute approximate surface area is 219 Å². The van der Waals surface area contributed by atoms with Gasteiger partial charge in [0.2, 0.25) is 0 Å². The fraction of sp³-hybridized carbons (Fsp3) is 0.179. The standard InChI is InChI=1S/C28H25NO5S2/c1-19(22-10-6-3-7-11-22)17-33-23-13-12-21(14-24(23)34-18-20-8-4-2-5-9-20)15-25-27(32)29(16-26(30)31)28(35)36-25/h2-15,19H,16-18H2,1H3,(H,30,31)/b25-15-/t19-/m1/s1. The Morgan fingerprint density at radius 1 is 1.03 bits per heavy atom. The molecule has 6 nitrogen and oxygen atoms in total. The molecule has 0 radical (unpaired) electrons. The molecule has 1 aliphatic rings. The lowest BCUT2D eigenvalue weighted by atomic mass is 10.0. The Kier molecular flexibility index (Phi) is 8.40. The Morgan fingerprint density at radius 2 is 1.72 bits per heavy atom. The van der Waals surface area contributed by atoms with Crippen molar-refractivity contribution in [1.29, 1.82) is 0 Å². The van der Waals surface area contributed by atoms with Crippen LogP contribution in [0.4, 0.5) is 0 Å². The minimum atomic E-state index is -1.12. The van der Waals surface area contributed by atoms with E-state index in [1.54, 1.807) is 6.08 Å². The Hall–Kier alpha value is -3.62. The van der Waals surface area contributed by atoms with Crippen molar-refractivity contribution in [3.05, 3.63) is 100 Å². The highest BCUT2D eigenvalue weighted by Gasteiger charge is 2.33. The molecule has 0 saturated carbocycles. The van der Waals surface area contributed by atoms with Gasteiger partial charge in [0.1, 0.15) is 17.5 Å². The largest absolute Gasteiger partial charge is 0.489 e. The zero-order valence-electron chi connectivity index (χ0n) is 19.6. The number of carboxylic acid groups (broad SMARTS) is 1. The third-order valence-corrected chi connectivity index (χ3v) is 6.90. The van der Waals surface area contributed by atoms with Gasteiger partial charge in [-0.3, -0.25) is 14.5 Å². The quantitative estimate of drug-likeness (QED) is 0.271. The number of rotatable bonds is 10. The van der Waals surface area contributed by atoms with Crippen LogP contribution in [0.2, 0.25) is 0 Å². The lowest BCUT2D eigenvalue weighted by Crippen LogP contribution is -2.33. The first kappa shape index (κ1) is 25.5. The Morgan fingerprint density at radius 3 is 2.42 bits per heavy atom. The molecule has 0 spiro atoms. The molecule has 3 aromatic rings. The van der Waals surface area contributed by atoms with E-state index in [-0.39, 0.29) is 10.2 Å². The number of carbonyl (C=O) groups excluding carboxylic acids is 1. The van der Waals surface area contributed by atoms with Gasteiger partial charge in [0.25, 0.3) is 5.91 Å². The molecule has 0 unspecified atom stereocenters. The van der Waals surface area contributed by atoms with Crippen molar-refractivity contribution >= 4 is 46.3 Å². The van der Waals surface area contributed by atoms with Crippen LogP contribution in [0.5, 0.6) is 11.5 Å². The second-order valence-corrected chi connectivity index (χ2v) is 9.94. The van der Waals surface area contributed by atoms with Gasteiger partial charge in [-0.1, -0.05) is 97.6 Å². The summed E-state index contributed by atoms with van der Waals surface area (Å²) in [6.45, 7) is 2.47. The maximum Gasteiger partial charge on any atom is 0.323 e. The molecule has 1 saturated heterocycles. The van der Waals surface area contributed by atoms with Gasteiger partial charge in [-0.05, 0) is 34.9 Å². The van der Waals surface area contributed by atoms with E-state index in [1.165, 1.54) is 5.56 Å². The van der Waals surface area contributed by atoms with Crippen LogP contribution in [0.1, 0.15) is 29.5 Å². The van der Waals surface area contributed by atoms with E-state index in [9.17, 15) is 9.59 Å². The predicted molar refractivity (Wildman–Crippen MR) is 145 cm³/mol. The number of aliphatic carboxylic acids is 1. The highest BCUT2D eigenvalue weighted by Crippen LogP contribution is 2.35. The molecular weight excluding hydrogens is 494 g/mol. The number of thioether (sulfide) groups is 1. The van der Waals surface area contributed by atoms with Crippen molar-refractivity contribution < 1.29 is 24.2 Å². The van der Waals surface area contributed by atoms with Gasteiger partial charge in [-0.15, -0.1) is 0 Å². The van der Waals surface area contributed by atoms with E-state index in [1.807, 2.05) is 66.7 Å². The fourth-order valence-corrected chi connectivity index (χ4v) is 4.85. The van der Waals surface area contributed by atoms with E-state index >= 15 is 0 Å². The van der Waals surface area contributed by atoms with Gasteiger partial charge in [0, 0.05) is 5.92 Å². The number of hydrogen-bond donors (Lipinski definition) is 1. The molecule has 1 aliphatic heterocycles. The average Bonchev–Trinajstić information content (AvgIpc) is 3.14. The summed E-state index contributed by atoms with van der Waals surface area (Å²) in [5.41, 5.74) is 2.92. The molecule has 0 aromatic heterocycles. The first-order valence-electron chi connectivity index (χ1n) is 11.4. The minimum absolute atomic E-state index is 0.184. The van der Waals surface area contributed by atoms with Crippen LogP contribution in [0.3, 0.4) is 0 Å². The van der Waals surface area contributed by atoms with Crippen molar-refractivity contribution in [3.63, 3.8) is 0 Å². The maximum absolute atomic E-state index is 12.7. The number of thiocarbonyl (C=S) groups is 1. The van der Waals surface area contributed by atoms with Crippen LogP contribution in [0.15, 0.2) is 83.8 Å². The third kappa shape index (κ3) is 6.53. The highest BCUT2D eigenvalue weighted by molar-refractivity contribution is 8.26. The average molecular weight is 520 g/mol. The fourth-order valence-electron chi connectivity index (χ4n) is 3.60. The second kappa shape index (κ2) is 11.9. The second-order valence-electron chi connectivity index (χ2n) is 8.26. The van der Waals surface area contributed by atoms with Crippen LogP contribution in [0.25, 0.3) is 6.08 Å². The maximum atomic E-state index is 12.7. The number of benzene rings is 3. The molecule has 0 bridgehead atoms. The van der Waals surface area contributed by atoms with Crippen molar-refractivity contribution in [2.24, 2.45) is 0 Å².